The molecule has 3 nitrogen and oxygen atoms in total. The van der Waals surface area contributed by atoms with E-state index in [4.69, 9.17) is 11.6 Å². The lowest BCUT2D eigenvalue weighted by atomic mass is 9.85. The Balaban J connectivity index is 2.22. The number of halogens is 5. The highest BCUT2D eigenvalue weighted by Crippen LogP contribution is 2.39. The molecule has 1 fully saturated rings. The fourth-order valence-corrected chi connectivity index (χ4v) is 6.11. The molecule has 2 atom stereocenters. The molecule has 2 rings (SSSR count). The second-order valence-corrected chi connectivity index (χ2v) is 9.57. The molecule has 0 saturated heterocycles. The van der Waals surface area contributed by atoms with Gasteiger partial charge in [0.1, 0.15) is 4.21 Å². The maximum absolute atomic E-state index is 13.0. The summed E-state index contributed by atoms with van der Waals surface area (Å²) in [6.45, 7) is 0. The van der Waals surface area contributed by atoms with Crippen LogP contribution in [0, 0.1) is 5.92 Å². The molecular weight excluding hydrogens is 415 g/mol. The SMILES string of the molecule is O=S(=O)(NC1CCCCC1C(F)(F)F)c1cc(Cl)c(Br)s1. The minimum atomic E-state index is -4.40. The molecule has 2 unspecified atom stereocenters. The number of nitrogens with one attached hydrogen (secondary N) is 1. The molecule has 120 valence electrons. The van der Waals surface area contributed by atoms with E-state index in [-0.39, 0.29) is 22.1 Å². The van der Waals surface area contributed by atoms with Crippen molar-refractivity contribution in [2.24, 2.45) is 5.92 Å². The van der Waals surface area contributed by atoms with Gasteiger partial charge < -0.3 is 0 Å². The highest BCUT2D eigenvalue weighted by atomic mass is 79.9. The fraction of sp³-hybridized carbons (Fsp3) is 0.636. The van der Waals surface area contributed by atoms with Crippen molar-refractivity contribution in [3.05, 3.63) is 14.9 Å². The molecule has 0 aliphatic heterocycles. The molecule has 10 heteroatoms. The third-order valence-corrected chi connectivity index (χ3v) is 7.82. The van der Waals surface area contributed by atoms with Crippen LogP contribution >= 0.6 is 38.9 Å². The number of alkyl halides is 3. The van der Waals surface area contributed by atoms with Crippen LogP contribution in [-0.4, -0.2) is 20.6 Å². The van der Waals surface area contributed by atoms with Crippen molar-refractivity contribution in [1.82, 2.24) is 4.72 Å². The number of rotatable bonds is 3. The first-order chi connectivity index (χ1) is 9.61. The minimum absolute atomic E-state index is 0.0500. The Bertz CT molecular complexity index is 598. The van der Waals surface area contributed by atoms with Crippen LogP contribution in [0.3, 0.4) is 0 Å². The number of sulfonamides is 1. The Morgan fingerprint density at radius 2 is 1.95 bits per heavy atom. The first-order valence-corrected chi connectivity index (χ1v) is 9.62. The zero-order chi connectivity index (χ0) is 15.8. The van der Waals surface area contributed by atoms with Crippen molar-refractivity contribution in [2.45, 2.75) is 42.1 Å². The van der Waals surface area contributed by atoms with Crippen LogP contribution in [0.1, 0.15) is 25.7 Å². The van der Waals surface area contributed by atoms with E-state index in [1.54, 1.807) is 0 Å². The van der Waals surface area contributed by atoms with Gasteiger partial charge in [-0.05, 0) is 34.8 Å². The van der Waals surface area contributed by atoms with Crippen molar-refractivity contribution in [1.29, 1.82) is 0 Å². The molecule has 1 N–H and O–H groups in total. The van der Waals surface area contributed by atoms with E-state index in [0.29, 0.717) is 16.6 Å². The molecule has 1 aromatic heterocycles. The smallest absolute Gasteiger partial charge is 0.207 e. The second kappa shape index (κ2) is 6.35. The highest BCUT2D eigenvalue weighted by Gasteiger charge is 2.46. The lowest BCUT2D eigenvalue weighted by Crippen LogP contribution is -2.47. The Morgan fingerprint density at radius 1 is 1.33 bits per heavy atom. The van der Waals surface area contributed by atoms with Crippen molar-refractivity contribution in [3.8, 4) is 0 Å². The quantitative estimate of drug-likeness (QED) is 0.770. The molecule has 0 bridgehead atoms. The molecule has 0 amide bonds. The van der Waals surface area contributed by atoms with Crippen LogP contribution in [0.15, 0.2) is 14.1 Å². The van der Waals surface area contributed by atoms with Gasteiger partial charge >= 0.3 is 6.18 Å². The lowest BCUT2D eigenvalue weighted by Gasteiger charge is -2.33. The van der Waals surface area contributed by atoms with Crippen molar-refractivity contribution in [2.75, 3.05) is 0 Å². The van der Waals surface area contributed by atoms with E-state index in [0.717, 1.165) is 11.3 Å². The molecule has 1 aromatic rings. The summed E-state index contributed by atoms with van der Waals surface area (Å²) in [7, 11) is -4.00. The largest absolute Gasteiger partial charge is 0.393 e. The molecular formula is C11H12BrClF3NO2S2. The van der Waals surface area contributed by atoms with Crippen LogP contribution < -0.4 is 4.72 Å². The topological polar surface area (TPSA) is 46.2 Å². The molecule has 1 aliphatic carbocycles. The summed E-state index contributed by atoms with van der Waals surface area (Å²) in [5.41, 5.74) is 0. The third-order valence-electron chi connectivity index (χ3n) is 3.38. The van der Waals surface area contributed by atoms with Gasteiger partial charge in [-0.25, -0.2) is 13.1 Å². The zero-order valence-corrected chi connectivity index (χ0v) is 14.6. The summed E-state index contributed by atoms with van der Waals surface area (Å²) in [5.74, 6) is -1.64. The predicted octanol–water partition coefficient (Wildman–Crippen LogP) is 4.56. The van der Waals surface area contributed by atoms with Gasteiger partial charge in [0.2, 0.25) is 10.0 Å². The van der Waals surface area contributed by atoms with Crippen molar-refractivity contribution < 1.29 is 21.6 Å². The number of hydrogen-bond donors (Lipinski definition) is 1. The highest BCUT2D eigenvalue weighted by molar-refractivity contribution is 9.11. The van der Waals surface area contributed by atoms with Crippen molar-refractivity contribution >= 4 is 48.9 Å². The van der Waals surface area contributed by atoms with Gasteiger partial charge in [-0.15, -0.1) is 11.3 Å². The minimum Gasteiger partial charge on any atom is -0.207 e. The molecule has 21 heavy (non-hydrogen) atoms. The summed E-state index contributed by atoms with van der Waals surface area (Å²) in [6.07, 6.45) is -3.23. The Morgan fingerprint density at radius 3 is 2.48 bits per heavy atom. The molecule has 0 spiro atoms. The van der Waals surface area contributed by atoms with Crippen LogP contribution in [0.4, 0.5) is 13.2 Å². The second-order valence-electron chi connectivity index (χ2n) is 4.85. The maximum atomic E-state index is 13.0. The monoisotopic (exact) mass is 425 g/mol. The standard InChI is InChI=1S/C11H12BrClF3NO2S2/c12-10-7(13)5-9(20-10)21(18,19)17-8-4-2-1-3-6(8)11(14,15)16/h5-6,8,17H,1-4H2. The van der Waals surface area contributed by atoms with Crippen LogP contribution in [0.2, 0.25) is 5.02 Å². The van der Waals surface area contributed by atoms with Gasteiger partial charge in [-0.3, -0.25) is 0 Å². The first-order valence-electron chi connectivity index (χ1n) is 6.15. The summed E-state index contributed by atoms with van der Waals surface area (Å²) in [5, 5.41) is 0.219. The van der Waals surface area contributed by atoms with Crippen molar-refractivity contribution in [3.63, 3.8) is 0 Å². The molecule has 1 aliphatic rings. The summed E-state index contributed by atoms with van der Waals surface area (Å²) >= 11 is 9.73. The summed E-state index contributed by atoms with van der Waals surface area (Å²) in [6, 6.07) is 0.104. The van der Waals surface area contributed by atoms with Gasteiger partial charge in [0, 0.05) is 6.04 Å². The average Bonchev–Trinajstić information content (AvgIpc) is 2.69. The molecule has 0 radical (unpaired) electrons. The average molecular weight is 427 g/mol. The Labute approximate surface area is 138 Å². The zero-order valence-electron chi connectivity index (χ0n) is 10.6. The summed E-state index contributed by atoms with van der Waals surface area (Å²) < 4.78 is 65.8. The molecule has 1 saturated carbocycles. The van der Waals surface area contributed by atoms with Crippen LogP contribution in [-0.2, 0) is 10.0 Å². The number of thiophene rings is 1. The van der Waals surface area contributed by atoms with E-state index in [1.165, 1.54) is 6.07 Å². The molecule has 1 heterocycles. The van der Waals surface area contributed by atoms with Gasteiger partial charge in [0.15, 0.2) is 0 Å². The Kier molecular flexibility index (Phi) is 5.30. The van der Waals surface area contributed by atoms with E-state index in [1.807, 2.05) is 0 Å². The summed E-state index contributed by atoms with van der Waals surface area (Å²) in [4.78, 5) is 0. The van der Waals surface area contributed by atoms with Crippen LogP contribution in [0.25, 0.3) is 0 Å². The van der Waals surface area contributed by atoms with Gasteiger partial charge in [-0.2, -0.15) is 13.2 Å². The Hall–Kier alpha value is 0.170. The van der Waals surface area contributed by atoms with Gasteiger partial charge in [0.25, 0.3) is 0 Å². The van der Waals surface area contributed by atoms with Gasteiger partial charge in [0.05, 0.1) is 14.7 Å². The van der Waals surface area contributed by atoms with E-state index in [2.05, 4.69) is 20.7 Å². The normalized spacial score (nSPS) is 24.2. The first kappa shape index (κ1) is 17.5. The van der Waals surface area contributed by atoms with Gasteiger partial charge in [-0.1, -0.05) is 24.4 Å². The maximum Gasteiger partial charge on any atom is 0.393 e. The van der Waals surface area contributed by atoms with E-state index >= 15 is 0 Å². The molecule has 0 aromatic carbocycles. The third kappa shape index (κ3) is 4.13. The number of hydrogen-bond acceptors (Lipinski definition) is 3. The van der Waals surface area contributed by atoms with E-state index < -0.39 is 28.2 Å². The fourth-order valence-electron chi connectivity index (χ4n) is 2.38. The predicted molar refractivity (Wildman–Crippen MR) is 79.2 cm³/mol. The van der Waals surface area contributed by atoms with E-state index in [9.17, 15) is 21.6 Å². The van der Waals surface area contributed by atoms with Crippen LogP contribution in [0.5, 0.6) is 0 Å². The lowest BCUT2D eigenvalue weighted by molar-refractivity contribution is -0.187.